The summed E-state index contributed by atoms with van der Waals surface area (Å²) in [6.07, 6.45) is 1.43. The van der Waals surface area contributed by atoms with Gasteiger partial charge in [-0.3, -0.25) is 0 Å². The van der Waals surface area contributed by atoms with E-state index in [0.29, 0.717) is 12.2 Å². The van der Waals surface area contributed by atoms with Crippen molar-refractivity contribution < 1.29 is 4.39 Å². The Labute approximate surface area is 97.1 Å². The molecular formula is C11H9ClFN3. The Morgan fingerprint density at radius 3 is 2.75 bits per heavy atom. The van der Waals surface area contributed by atoms with Gasteiger partial charge in [-0.25, -0.2) is 14.4 Å². The molecule has 0 spiro atoms. The molecule has 0 saturated heterocycles. The molecule has 82 valence electrons. The van der Waals surface area contributed by atoms with Gasteiger partial charge in [0.25, 0.3) is 0 Å². The van der Waals surface area contributed by atoms with Crippen molar-refractivity contribution in [1.29, 1.82) is 0 Å². The highest BCUT2D eigenvalue weighted by Crippen LogP contribution is 2.23. The van der Waals surface area contributed by atoms with E-state index in [1.807, 2.05) is 0 Å². The van der Waals surface area contributed by atoms with E-state index < -0.39 is 5.82 Å². The zero-order chi connectivity index (χ0) is 11.5. The topological polar surface area (TPSA) is 51.8 Å². The van der Waals surface area contributed by atoms with Crippen LogP contribution in [-0.2, 0) is 6.54 Å². The molecule has 2 aromatic rings. The van der Waals surface area contributed by atoms with Crippen LogP contribution in [0.5, 0.6) is 0 Å². The molecule has 2 N–H and O–H groups in total. The van der Waals surface area contributed by atoms with Crippen LogP contribution in [0.25, 0.3) is 11.3 Å². The lowest BCUT2D eigenvalue weighted by Gasteiger charge is -2.03. The Bertz CT molecular complexity index is 516. The summed E-state index contributed by atoms with van der Waals surface area (Å²) in [5, 5.41) is 0.0745. The maximum absolute atomic E-state index is 13.0. The zero-order valence-corrected chi connectivity index (χ0v) is 9.08. The van der Waals surface area contributed by atoms with Crippen molar-refractivity contribution in [3.05, 3.63) is 47.1 Å². The summed E-state index contributed by atoms with van der Waals surface area (Å²) in [6.45, 7) is 0.338. The van der Waals surface area contributed by atoms with Crippen LogP contribution in [0.4, 0.5) is 4.39 Å². The molecule has 0 saturated carbocycles. The molecule has 1 aromatic carbocycles. The molecule has 1 aromatic heterocycles. The van der Waals surface area contributed by atoms with E-state index in [0.717, 1.165) is 11.3 Å². The monoisotopic (exact) mass is 237 g/mol. The molecule has 0 unspecified atom stereocenters. The molecule has 0 radical (unpaired) electrons. The zero-order valence-electron chi connectivity index (χ0n) is 8.32. The fraction of sp³-hybridized carbons (Fsp3) is 0.0909. The third-order valence-corrected chi connectivity index (χ3v) is 2.44. The normalized spacial score (nSPS) is 10.4. The van der Waals surface area contributed by atoms with Crippen molar-refractivity contribution in [3.8, 4) is 11.3 Å². The first kappa shape index (κ1) is 11.0. The predicted octanol–water partition coefficient (Wildman–Crippen LogP) is 2.39. The van der Waals surface area contributed by atoms with Crippen LogP contribution < -0.4 is 5.73 Å². The van der Waals surface area contributed by atoms with E-state index in [1.54, 1.807) is 12.1 Å². The first-order chi connectivity index (χ1) is 7.70. The first-order valence-corrected chi connectivity index (χ1v) is 5.05. The second-order valence-corrected chi connectivity index (χ2v) is 3.63. The summed E-state index contributed by atoms with van der Waals surface area (Å²) in [4.78, 5) is 8.06. The van der Waals surface area contributed by atoms with E-state index in [2.05, 4.69) is 9.97 Å². The maximum Gasteiger partial charge on any atom is 0.141 e. The number of rotatable bonds is 2. The standard InChI is InChI=1S/C11H9ClFN3/c12-9-3-7(1-2-10(9)13)11-4-8(5-14)15-6-16-11/h1-4,6H,5,14H2. The Morgan fingerprint density at radius 1 is 1.25 bits per heavy atom. The van der Waals surface area contributed by atoms with Crippen LogP contribution in [-0.4, -0.2) is 9.97 Å². The predicted molar refractivity (Wildman–Crippen MR) is 60.3 cm³/mol. The van der Waals surface area contributed by atoms with Crippen molar-refractivity contribution in [1.82, 2.24) is 9.97 Å². The molecule has 0 fully saturated rings. The van der Waals surface area contributed by atoms with Gasteiger partial charge >= 0.3 is 0 Å². The fourth-order valence-electron chi connectivity index (χ4n) is 1.32. The van der Waals surface area contributed by atoms with Crippen LogP contribution >= 0.6 is 11.6 Å². The van der Waals surface area contributed by atoms with Gasteiger partial charge in [0.15, 0.2) is 0 Å². The van der Waals surface area contributed by atoms with Crippen LogP contribution in [0.15, 0.2) is 30.6 Å². The summed E-state index contributed by atoms with van der Waals surface area (Å²) >= 11 is 5.69. The highest BCUT2D eigenvalue weighted by molar-refractivity contribution is 6.31. The summed E-state index contributed by atoms with van der Waals surface area (Å²) in [5.41, 5.74) is 7.62. The third-order valence-electron chi connectivity index (χ3n) is 2.15. The van der Waals surface area contributed by atoms with Gasteiger partial charge in [-0.1, -0.05) is 11.6 Å². The van der Waals surface area contributed by atoms with Crippen molar-refractivity contribution in [2.75, 3.05) is 0 Å². The number of nitrogens with zero attached hydrogens (tertiary/aromatic N) is 2. The average Bonchev–Trinajstić information content (AvgIpc) is 2.33. The Balaban J connectivity index is 2.46. The second kappa shape index (κ2) is 4.55. The number of hydrogen-bond acceptors (Lipinski definition) is 3. The SMILES string of the molecule is NCc1cc(-c2ccc(F)c(Cl)c2)ncn1. The number of hydrogen-bond donors (Lipinski definition) is 1. The average molecular weight is 238 g/mol. The Morgan fingerprint density at radius 2 is 2.06 bits per heavy atom. The maximum atomic E-state index is 13.0. The number of halogens is 2. The number of benzene rings is 1. The minimum Gasteiger partial charge on any atom is -0.325 e. The van der Waals surface area contributed by atoms with Gasteiger partial charge in [0, 0.05) is 12.1 Å². The minimum absolute atomic E-state index is 0.0745. The van der Waals surface area contributed by atoms with Gasteiger partial charge in [0.05, 0.1) is 16.4 Å². The highest BCUT2D eigenvalue weighted by atomic mass is 35.5. The molecule has 16 heavy (non-hydrogen) atoms. The highest BCUT2D eigenvalue weighted by Gasteiger charge is 2.05. The molecule has 0 aliphatic carbocycles. The van der Waals surface area contributed by atoms with Crippen LogP contribution in [0.1, 0.15) is 5.69 Å². The molecule has 0 aliphatic heterocycles. The van der Waals surface area contributed by atoms with Gasteiger partial charge < -0.3 is 5.73 Å². The van der Waals surface area contributed by atoms with Gasteiger partial charge in [-0.15, -0.1) is 0 Å². The lowest BCUT2D eigenvalue weighted by Crippen LogP contribution is -2.00. The molecule has 2 rings (SSSR count). The summed E-state index contributed by atoms with van der Waals surface area (Å²) in [6, 6.07) is 6.20. The molecule has 5 heteroatoms. The van der Waals surface area contributed by atoms with Crippen molar-refractivity contribution in [2.24, 2.45) is 5.73 Å². The number of nitrogens with two attached hydrogens (primary N) is 1. The first-order valence-electron chi connectivity index (χ1n) is 4.67. The van der Waals surface area contributed by atoms with Gasteiger partial charge in [0.2, 0.25) is 0 Å². The fourth-order valence-corrected chi connectivity index (χ4v) is 1.50. The minimum atomic E-state index is -0.446. The van der Waals surface area contributed by atoms with E-state index in [-0.39, 0.29) is 5.02 Å². The smallest absolute Gasteiger partial charge is 0.141 e. The van der Waals surface area contributed by atoms with Crippen LogP contribution in [0.2, 0.25) is 5.02 Å². The van der Waals surface area contributed by atoms with Crippen LogP contribution in [0, 0.1) is 5.82 Å². The molecule has 3 nitrogen and oxygen atoms in total. The van der Waals surface area contributed by atoms with Gasteiger partial charge in [-0.05, 0) is 24.3 Å². The molecule has 0 atom stereocenters. The van der Waals surface area contributed by atoms with Gasteiger partial charge in [-0.2, -0.15) is 0 Å². The largest absolute Gasteiger partial charge is 0.325 e. The second-order valence-electron chi connectivity index (χ2n) is 3.23. The number of aromatic nitrogens is 2. The van der Waals surface area contributed by atoms with E-state index >= 15 is 0 Å². The molecule has 0 aliphatic rings. The van der Waals surface area contributed by atoms with E-state index in [1.165, 1.54) is 18.5 Å². The van der Waals surface area contributed by atoms with Crippen LogP contribution in [0.3, 0.4) is 0 Å². The van der Waals surface area contributed by atoms with Crippen molar-refractivity contribution in [2.45, 2.75) is 6.54 Å². The summed E-state index contributed by atoms with van der Waals surface area (Å²) in [7, 11) is 0. The molecular weight excluding hydrogens is 229 g/mol. The molecule has 0 amide bonds. The lowest BCUT2D eigenvalue weighted by molar-refractivity contribution is 0.628. The third kappa shape index (κ3) is 2.18. The molecule has 0 bridgehead atoms. The quantitative estimate of drug-likeness (QED) is 0.873. The van der Waals surface area contributed by atoms with E-state index in [9.17, 15) is 4.39 Å². The lowest BCUT2D eigenvalue weighted by atomic mass is 10.1. The van der Waals surface area contributed by atoms with Gasteiger partial charge in [0.1, 0.15) is 12.1 Å². The summed E-state index contributed by atoms with van der Waals surface area (Å²) < 4.78 is 13.0. The van der Waals surface area contributed by atoms with E-state index in [4.69, 9.17) is 17.3 Å². The Kier molecular flexibility index (Phi) is 3.12. The Hall–Kier alpha value is -1.52. The van der Waals surface area contributed by atoms with Crippen molar-refractivity contribution in [3.63, 3.8) is 0 Å². The van der Waals surface area contributed by atoms with Crippen molar-refractivity contribution >= 4 is 11.6 Å². The molecule has 1 heterocycles. The summed E-state index contributed by atoms with van der Waals surface area (Å²) in [5.74, 6) is -0.446.